The van der Waals surface area contributed by atoms with Gasteiger partial charge in [-0.25, -0.2) is 4.79 Å². The van der Waals surface area contributed by atoms with Gasteiger partial charge in [0.2, 0.25) is 0 Å². The standard InChI is InChI=1S/C24H30N2O4S/c1-4-26(5-2)13-14-30-21-18(17-9-7-16(15-27)8-10-17)11-12-19-20(24(28)29-6-3)23(25)31-22(19)21/h7-12,27H,4-6,13-15,25H2,1-3H3. The molecular formula is C24H30N2O4S. The van der Waals surface area contributed by atoms with Gasteiger partial charge in [0.15, 0.2) is 0 Å². The number of fused-ring (bicyclic) bond motifs is 1. The molecule has 0 bridgehead atoms. The van der Waals surface area contributed by atoms with E-state index in [1.807, 2.05) is 36.4 Å². The predicted octanol–water partition coefficient (Wildman–Crippen LogP) is 4.54. The molecule has 3 rings (SSSR count). The molecule has 0 saturated carbocycles. The highest BCUT2D eigenvalue weighted by atomic mass is 32.1. The second-order valence-electron chi connectivity index (χ2n) is 7.11. The molecule has 166 valence electrons. The average Bonchev–Trinajstić information content (AvgIpc) is 3.13. The number of aliphatic hydroxyl groups excluding tert-OH is 1. The fraction of sp³-hybridized carbons (Fsp3) is 0.375. The number of hydrogen-bond acceptors (Lipinski definition) is 7. The number of carbonyl (C=O) groups excluding carboxylic acids is 1. The zero-order chi connectivity index (χ0) is 22.4. The first-order valence-corrected chi connectivity index (χ1v) is 11.4. The maximum Gasteiger partial charge on any atom is 0.341 e. The van der Waals surface area contributed by atoms with Crippen molar-refractivity contribution in [1.29, 1.82) is 0 Å². The van der Waals surface area contributed by atoms with E-state index in [0.29, 0.717) is 22.9 Å². The second kappa shape index (κ2) is 10.6. The molecule has 6 nitrogen and oxygen atoms in total. The number of aliphatic hydroxyl groups is 1. The van der Waals surface area contributed by atoms with Gasteiger partial charge >= 0.3 is 5.97 Å². The van der Waals surface area contributed by atoms with Crippen LogP contribution in [0.1, 0.15) is 36.7 Å². The predicted molar refractivity (Wildman–Crippen MR) is 127 cm³/mol. The van der Waals surface area contributed by atoms with Crippen molar-refractivity contribution in [2.45, 2.75) is 27.4 Å². The Bertz CT molecular complexity index is 1030. The average molecular weight is 443 g/mol. The molecule has 0 fully saturated rings. The highest BCUT2D eigenvalue weighted by molar-refractivity contribution is 7.23. The fourth-order valence-electron chi connectivity index (χ4n) is 3.55. The van der Waals surface area contributed by atoms with E-state index in [1.54, 1.807) is 6.92 Å². The first kappa shape index (κ1) is 23.1. The molecule has 3 aromatic rings. The molecule has 0 aliphatic rings. The van der Waals surface area contributed by atoms with Crippen LogP contribution >= 0.6 is 11.3 Å². The normalized spacial score (nSPS) is 11.3. The first-order valence-electron chi connectivity index (χ1n) is 10.6. The number of nitrogens with two attached hydrogens (primary N) is 1. The minimum atomic E-state index is -0.416. The summed E-state index contributed by atoms with van der Waals surface area (Å²) in [5.41, 5.74) is 9.37. The van der Waals surface area contributed by atoms with Crippen molar-refractivity contribution in [2.24, 2.45) is 0 Å². The van der Waals surface area contributed by atoms with Crippen LogP contribution in [0.3, 0.4) is 0 Å². The molecule has 1 aromatic heterocycles. The molecule has 0 amide bonds. The number of nitrogens with zero attached hydrogens (tertiary/aromatic N) is 1. The van der Waals surface area contributed by atoms with Gasteiger partial charge in [-0.05, 0) is 37.2 Å². The van der Waals surface area contributed by atoms with Crippen LogP contribution < -0.4 is 10.5 Å². The van der Waals surface area contributed by atoms with Crippen molar-refractivity contribution in [2.75, 3.05) is 38.6 Å². The maximum absolute atomic E-state index is 12.5. The van der Waals surface area contributed by atoms with Crippen molar-refractivity contribution in [3.05, 3.63) is 47.5 Å². The summed E-state index contributed by atoms with van der Waals surface area (Å²) in [7, 11) is 0. The Morgan fingerprint density at radius 1 is 1.10 bits per heavy atom. The number of esters is 1. The van der Waals surface area contributed by atoms with Gasteiger partial charge in [0.1, 0.15) is 22.9 Å². The third-order valence-corrected chi connectivity index (χ3v) is 6.35. The highest BCUT2D eigenvalue weighted by Gasteiger charge is 2.23. The molecule has 3 N–H and O–H groups in total. The molecule has 0 aliphatic carbocycles. The van der Waals surface area contributed by atoms with Crippen molar-refractivity contribution in [3.63, 3.8) is 0 Å². The van der Waals surface area contributed by atoms with E-state index < -0.39 is 5.97 Å². The number of thiophene rings is 1. The third kappa shape index (κ3) is 5.01. The molecule has 0 radical (unpaired) electrons. The zero-order valence-electron chi connectivity index (χ0n) is 18.3. The van der Waals surface area contributed by atoms with E-state index >= 15 is 0 Å². The largest absolute Gasteiger partial charge is 0.490 e. The van der Waals surface area contributed by atoms with Crippen LogP contribution in [0.2, 0.25) is 0 Å². The number of rotatable bonds is 10. The van der Waals surface area contributed by atoms with Crippen LogP contribution in [0.15, 0.2) is 36.4 Å². The Morgan fingerprint density at radius 3 is 2.42 bits per heavy atom. The number of ether oxygens (including phenoxy) is 2. The molecular weight excluding hydrogens is 412 g/mol. The zero-order valence-corrected chi connectivity index (χ0v) is 19.1. The van der Waals surface area contributed by atoms with Crippen molar-refractivity contribution in [3.8, 4) is 16.9 Å². The molecule has 0 saturated heterocycles. The Morgan fingerprint density at radius 2 is 1.81 bits per heavy atom. The van der Waals surface area contributed by atoms with Gasteiger partial charge in [0.05, 0.1) is 17.9 Å². The van der Waals surface area contributed by atoms with Crippen molar-refractivity contribution >= 4 is 32.4 Å². The topological polar surface area (TPSA) is 85.0 Å². The number of benzene rings is 2. The molecule has 1 heterocycles. The monoisotopic (exact) mass is 442 g/mol. The van der Waals surface area contributed by atoms with Gasteiger partial charge in [-0.2, -0.15) is 0 Å². The third-order valence-electron chi connectivity index (χ3n) is 5.32. The second-order valence-corrected chi connectivity index (χ2v) is 8.16. The molecule has 0 aliphatic heterocycles. The van der Waals surface area contributed by atoms with Crippen molar-refractivity contribution in [1.82, 2.24) is 4.90 Å². The van der Waals surface area contributed by atoms with E-state index in [0.717, 1.165) is 46.4 Å². The molecule has 0 spiro atoms. The number of carbonyl (C=O) groups is 1. The Hall–Kier alpha value is -2.61. The Labute approximate surface area is 187 Å². The summed E-state index contributed by atoms with van der Waals surface area (Å²) < 4.78 is 12.4. The van der Waals surface area contributed by atoms with E-state index in [1.165, 1.54) is 11.3 Å². The van der Waals surface area contributed by atoms with Gasteiger partial charge in [-0.3, -0.25) is 0 Å². The van der Waals surface area contributed by atoms with Crippen LogP contribution in [0, 0.1) is 0 Å². The van der Waals surface area contributed by atoms with Crippen LogP contribution in [0.25, 0.3) is 21.2 Å². The SMILES string of the molecule is CCOC(=O)c1c(N)sc2c(OCCN(CC)CC)c(-c3ccc(CO)cc3)ccc12. The summed E-state index contributed by atoms with van der Waals surface area (Å²) in [5, 5.41) is 10.5. The Balaban J connectivity index is 2.08. The summed E-state index contributed by atoms with van der Waals surface area (Å²) in [6.07, 6.45) is 0. The lowest BCUT2D eigenvalue weighted by Gasteiger charge is -2.19. The summed E-state index contributed by atoms with van der Waals surface area (Å²) >= 11 is 1.34. The van der Waals surface area contributed by atoms with Crippen LogP contribution in [-0.2, 0) is 11.3 Å². The molecule has 0 unspecified atom stereocenters. The van der Waals surface area contributed by atoms with Gasteiger partial charge < -0.3 is 25.2 Å². The molecule has 2 aromatic carbocycles. The number of anilines is 1. The summed E-state index contributed by atoms with van der Waals surface area (Å²) in [4.78, 5) is 14.8. The van der Waals surface area contributed by atoms with E-state index in [4.69, 9.17) is 15.2 Å². The Kier molecular flexibility index (Phi) is 7.90. The van der Waals surface area contributed by atoms with Gasteiger partial charge in [-0.15, -0.1) is 11.3 Å². The number of hydrogen-bond donors (Lipinski definition) is 2. The quantitative estimate of drug-likeness (QED) is 0.449. The van der Waals surface area contributed by atoms with E-state index in [-0.39, 0.29) is 13.2 Å². The highest BCUT2D eigenvalue weighted by Crippen LogP contribution is 2.44. The van der Waals surface area contributed by atoms with Crippen LogP contribution in [0.4, 0.5) is 5.00 Å². The lowest BCUT2D eigenvalue weighted by Crippen LogP contribution is -2.28. The minimum absolute atomic E-state index is 0.00307. The smallest absolute Gasteiger partial charge is 0.341 e. The number of likely N-dealkylation sites (N-methyl/N-ethyl adjacent to an activating group) is 1. The minimum Gasteiger partial charge on any atom is -0.490 e. The summed E-state index contributed by atoms with van der Waals surface area (Å²) in [6.45, 7) is 9.56. The van der Waals surface area contributed by atoms with Crippen molar-refractivity contribution < 1.29 is 19.4 Å². The van der Waals surface area contributed by atoms with E-state index in [9.17, 15) is 9.90 Å². The summed E-state index contributed by atoms with van der Waals surface area (Å²) in [6, 6.07) is 11.6. The molecule has 7 heteroatoms. The fourth-order valence-corrected chi connectivity index (χ4v) is 4.60. The van der Waals surface area contributed by atoms with Gasteiger partial charge in [-0.1, -0.05) is 44.2 Å². The molecule has 31 heavy (non-hydrogen) atoms. The maximum atomic E-state index is 12.5. The molecule has 0 atom stereocenters. The first-order chi connectivity index (χ1) is 15.0. The van der Waals surface area contributed by atoms with Gasteiger partial charge in [0, 0.05) is 17.5 Å². The van der Waals surface area contributed by atoms with Gasteiger partial charge in [0.25, 0.3) is 0 Å². The van der Waals surface area contributed by atoms with Crippen LogP contribution in [-0.4, -0.2) is 48.8 Å². The lowest BCUT2D eigenvalue weighted by atomic mass is 10.0. The lowest BCUT2D eigenvalue weighted by molar-refractivity contribution is 0.0530. The van der Waals surface area contributed by atoms with E-state index in [2.05, 4.69) is 18.7 Å². The number of nitrogen functional groups attached to an aromatic ring is 1. The summed E-state index contributed by atoms with van der Waals surface area (Å²) in [5.74, 6) is 0.300. The van der Waals surface area contributed by atoms with Crippen LogP contribution in [0.5, 0.6) is 5.75 Å².